The molecule has 0 spiro atoms. The molecule has 0 bridgehead atoms. The van der Waals surface area contributed by atoms with Crippen LogP contribution in [0.3, 0.4) is 0 Å². The van der Waals surface area contributed by atoms with E-state index in [9.17, 15) is 0 Å². The second kappa shape index (κ2) is 7.65. The number of aromatic nitrogens is 2. The monoisotopic (exact) mass is 265 g/mol. The van der Waals surface area contributed by atoms with Crippen molar-refractivity contribution in [3.8, 4) is 0 Å². The van der Waals surface area contributed by atoms with Gasteiger partial charge in [-0.05, 0) is 38.6 Å². The number of hydrogen-bond acceptors (Lipinski definition) is 3. The molecular weight excluding hydrogens is 238 g/mol. The summed E-state index contributed by atoms with van der Waals surface area (Å²) in [5.41, 5.74) is 1.30. The van der Waals surface area contributed by atoms with E-state index < -0.39 is 0 Å². The van der Waals surface area contributed by atoms with Crippen molar-refractivity contribution in [2.75, 3.05) is 13.2 Å². The Morgan fingerprint density at radius 2 is 2.37 bits per heavy atom. The Bertz CT molecular complexity index is 358. The second-order valence-electron chi connectivity index (χ2n) is 5.37. The van der Waals surface area contributed by atoms with Crippen LogP contribution in [0.2, 0.25) is 0 Å². The van der Waals surface area contributed by atoms with Crippen LogP contribution in [-0.4, -0.2) is 29.0 Å². The van der Waals surface area contributed by atoms with Crippen LogP contribution in [0.25, 0.3) is 0 Å². The molecule has 2 unspecified atom stereocenters. The summed E-state index contributed by atoms with van der Waals surface area (Å²) in [4.78, 5) is 0. The Morgan fingerprint density at radius 3 is 3.05 bits per heavy atom. The fourth-order valence-electron chi connectivity index (χ4n) is 2.75. The molecule has 108 valence electrons. The van der Waals surface area contributed by atoms with Crippen LogP contribution < -0.4 is 5.32 Å². The van der Waals surface area contributed by atoms with Gasteiger partial charge >= 0.3 is 0 Å². The molecule has 1 fully saturated rings. The van der Waals surface area contributed by atoms with Gasteiger partial charge in [-0.15, -0.1) is 0 Å². The molecule has 2 rings (SSSR count). The number of hydrogen-bond donors (Lipinski definition) is 1. The van der Waals surface area contributed by atoms with Crippen LogP contribution in [0.1, 0.15) is 57.6 Å². The fourth-order valence-corrected chi connectivity index (χ4v) is 2.75. The summed E-state index contributed by atoms with van der Waals surface area (Å²) >= 11 is 0. The quantitative estimate of drug-likeness (QED) is 0.824. The molecule has 1 saturated heterocycles. The van der Waals surface area contributed by atoms with E-state index in [-0.39, 0.29) is 0 Å². The van der Waals surface area contributed by atoms with Crippen LogP contribution >= 0.6 is 0 Å². The van der Waals surface area contributed by atoms with Crippen LogP contribution in [0, 0.1) is 0 Å². The van der Waals surface area contributed by atoms with Crippen molar-refractivity contribution in [2.45, 2.75) is 64.6 Å². The molecule has 0 saturated carbocycles. The maximum atomic E-state index is 5.86. The first-order valence-electron chi connectivity index (χ1n) is 7.70. The Labute approximate surface area is 116 Å². The fraction of sp³-hybridized carbons (Fsp3) is 0.800. The smallest absolute Gasteiger partial charge is 0.0593 e. The Balaban J connectivity index is 1.96. The Morgan fingerprint density at radius 1 is 1.47 bits per heavy atom. The molecular formula is C15H27N3O. The van der Waals surface area contributed by atoms with E-state index in [4.69, 9.17) is 4.74 Å². The van der Waals surface area contributed by atoms with Gasteiger partial charge in [0, 0.05) is 31.0 Å². The summed E-state index contributed by atoms with van der Waals surface area (Å²) in [5, 5.41) is 8.01. The van der Waals surface area contributed by atoms with E-state index in [0.29, 0.717) is 12.1 Å². The van der Waals surface area contributed by atoms with Gasteiger partial charge in [-0.25, -0.2) is 0 Å². The summed E-state index contributed by atoms with van der Waals surface area (Å²) in [6, 6.07) is 0.374. The third-order valence-electron chi connectivity index (χ3n) is 3.73. The van der Waals surface area contributed by atoms with E-state index in [1.54, 1.807) is 0 Å². The zero-order chi connectivity index (χ0) is 13.5. The summed E-state index contributed by atoms with van der Waals surface area (Å²) < 4.78 is 7.91. The van der Waals surface area contributed by atoms with Gasteiger partial charge in [0.2, 0.25) is 0 Å². The molecule has 1 aliphatic rings. The molecule has 0 aliphatic carbocycles. The predicted octanol–water partition coefficient (Wildman–Crippen LogP) is 2.90. The highest BCUT2D eigenvalue weighted by molar-refractivity contribution is 5.11. The molecule has 1 aromatic heterocycles. The zero-order valence-corrected chi connectivity index (χ0v) is 12.3. The van der Waals surface area contributed by atoms with Crippen molar-refractivity contribution in [3.63, 3.8) is 0 Å². The molecule has 2 heterocycles. The lowest BCUT2D eigenvalue weighted by atomic mass is 9.98. The minimum Gasteiger partial charge on any atom is -0.378 e. The SMILES string of the molecule is CCCn1cc(C(CC2CCCCO2)NCC)cn1. The molecule has 4 heteroatoms. The minimum atomic E-state index is 0.374. The third-order valence-corrected chi connectivity index (χ3v) is 3.73. The van der Waals surface area contributed by atoms with Gasteiger partial charge in [-0.1, -0.05) is 13.8 Å². The highest BCUT2D eigenvalue weighted by atomic mass is 16.5. The van der Waals surface area contributed by atoms with Crippen molar-refractivity contribution in [3.05, 3.63) is 18.0 Å². The van der Waals surface area contributed by atoms with E-state index in [2.05, 4.69) is 30.5 Å². The Kier molecular flexibility index (Phi) is 5.86. The number of nitrogens with zero attached hydrogens (tertiary/aromatic N) is 2. The molecule has 1 aliphatic heterocycles. The van der Waals surface area contributed by atoms with Crippen molar-refractivity contribution in [1.29, 1.82) is 0 Å². The van der Waals surface area contributed by atoms with E-state index in [1.807, 2.05) is 10.9 Å². The van der Waals surface area contributed by atoms with Crippen molar-refractivity contribution >= 4 is 0 Å². The van der Waals surface area contributed by atoms with E-state index in [0.717, 1.165) is 32.5 Å². The van der Waals surface area contributed by atoms with Gasteiger partial charge in [0.25, 0.3) is 0 Å². The van der Waals surface area contributed by atoms with Crippen molar-refractivity contribution in [1.82, 2.24) is 15.1 Å². The van der Waals surface area contributed by atoms with Crippen LogP contribution in [0.15, 0.2) is 12.4 Å². The molecule has 0 radical (unpaired) electrons. The summed E-state index contributed by atoms with van der Waals surface area (Å²) in [6.45, 7) is 7.25. The maximum absolute atomic E-state index is 5.86. The normalized spacial score (nSPS) is 21.5. The highest BCUT2D eigenvalue weighted by Crippen LogP contribution is 2.24. The van der Waals surface area contributed by atoms with E-state index >= 15 is 0 Å². The lowest BCUT2D eigenvalue weighted by molar-refractivity contribution is 0.00513. The second-order valence-corrected chi connectivity index (χ2v) is 5.37. The topological polar surface area (TPSA) is 39.1 Å². The number of nitrogens with one attached hydrogen (secondary N) is 1. The van der Waals surface area contributed by atoms with Crippen molar-refractivity contribution < 1.29 is 4.74 Å². The first-order valence-corrected chi connectivity index (χ1v) is 7.70. The first-order chi connectivity index (χ1) is 9.33. The predicted molar refractivity (Wildman–Crippen MR) is 77.1 cm³/mol. The maximum Gasteiger partial charge on any atom is 0.0593 e. The van der Waals surface area contributed by atoms with Crippen LogP contribution in [0.4, 0.5) is 0 Å². The molecule has 1 N–H and O–H groups in total. The number of aryl methyl sites for hydroxylation is 1. The van der Waals surface area contributed by atoms with Gasteiger partial charge in [-0.2, -0.15) is 5.10 Å². The largest absolute Gasteiger partial charge is 0.378 e. The third kappa shape index (κ3) is 4.32. The van der Waals surface area contributed by atoms with Gasteiger partial charge in [-0.3, -0.25) is 4.68 Å². The highest BCUT2D eigenvalue weighted by Gasteiger charge is 2.21. The summed E-state index contributed by atoms with van der Waals surface area (Å²) in [7, 11) is 0. The van der Waals surface area contributed by atoms with Gasteiger partial charge in [0.05, 0.1) is 12.3 Å². The molecule has 0 amide bonds. The molecule has 1 aromatic rings. The summed E-state index contributed by atoms with van der Waals surface area (Å²) in [6.07, 6.45) is 10.5. The lowest BCUT2D eigenvalue weighted by Gasteiger charge is -2.27. The average Bonchev–Trinajstić information content (AvgIpc) is 2.88. The van der Waals surface area contributed by atoms with Crippen LogP contribution in [-0.2, 0) is 11.3 Å². The first kappa shape index (κ1) is 14.5. The van der Waals surface area contributed by atoms with Gasteiger partial charge < -0.3 is 10.1 Å². The Hall–Kier alpha value is -0.870. The van der Waals surface area contributed by atoms with Crippen LogP contribution in [0.5, 0.6) is 0 Å². The standard InChI is InChI=1S/C15H27N3O/c1-3-8-18-12-13(11-17-18)15(16-4-2)10-14-7-5-6-9-19-14/h11-12,14-16H,3-10H2,1-2H3. The average molecular weight is 265 g/mol. The van der Waals surface area contributed by atoms with Crippen molar-refractivity contribution in [2.24, 2.45) is 0 Å². The lowest BCUT2D eigenvalue weighted by Crippen LogP contribution is -2.28. The number of rotatable bonds is 7. The minimum absolute atomic E-state index is 0.374. The molecule has 0 aromatic carbocycles. The molecule has 4 nitrogen and oxygen atoms in total. The molecule has 2 atom stereocenters. The zero-order valence-electron chi connectivity index (χ0n) is 12.3. The summed E-state index contributed by atoms with van der Waals surface area (Å²) in [5.74, 6) is 0. The van der Waals surface area contributed by atoms with E-state index in [1.165, 1.54) is 24.8 Å². The molecule has 19 heavy (non-hydrogen) atoms. The number of ether oxygens (including phenoxy) is 1. The van der Waals surface area contributed by atoms with Gasteiger partial charge in [0.15, 0.2) is 0 Å². The van der Waals surface area contributed by atoms with Gasteiger partial charge in [0.1, 0.15) is 0 Å².